The number of amides is 1. The summed E-state index contributed by atoms with van der Waals surface area (Å²) < 4.78 is 64.6. The number of aliphatic hydroxyl groups is 1. The van der Waals surface area contributed by atoms with Crippen molar-refractivity contribution in [1.82, 2.24) is 19.2 Å². The van der Waals surface area contributed by atoms with Gasteiger partial charge in [-0.3, -0.25) is 4.98 Å². The van der Waals surface area contributed by atoms with E-state index in [0.29, 0.717) is 30.3 Å². The monoisotopic (exact) mass is 636 g/mol. The predicted octanol–water partition coefficient (Wildman–Crippen LogP) is 2.48. The highest BCUT2D eigenvalue weighted by Crippen LogP contribution is 2.39. The Morgan fingerprint density at radius 3 is 2.63 bits per heavy atom. The molecule has 2 saturated heterocycles. The van der Waals surface area contributed by atoms with Crippen LogP contribution in [-0.2, 0) is 24.6 Å². The van der Waals surface area contributed by atoms with Crippen LogP contribution in [0.1, 0.15) is 33.1 Å². The second kappa shape index (κ2) is 12.0. The highest BCUT2D eigenvalue weighted by Gasteiger charge is 2.47. The molecule has 5 rings (SSSR count). The number of hydrogen-bond donors (Lipinski definition) is 3. The first kappa shape index (κ1) is 31.2. The number of piperidine rings is 1. The summed E-state index contributed by atoms with van der Waals surface area (Å²) in [6, 6.07) is 8.76. The van der Waals surface area contributed by atoms with Crippen LogP contribution in [0.4, 0.5) is 4.79 Å². The third kappa shape index (κ3) is 6.50. The van der Waals surface area contributed by atoms with Gasteiger partial charge in [-0.15, -0.1) is 0 Å². The Balaban J connectivity index is 1.17. The summed E-state index contributed by atoms with van der Waals surface area (Å²) in [6.45, 7) is 3.23. The quantitative estimate of drug-likeness (QED) is 0.299. The minimum Gasteiger partial charge on any atom is -0.491 e. The van der Waals surface area contributed by atoms with Crippen molar-refractivity contribution in [3.8, 4) is 5.75 Å². The lowest BCUT2D eigenvalue weighted by molar-refractivity contribution is -0.0319. The predicted molar refractivity (Wildman–Crippen MR) is 156 cm³/mol. The van der Waals surface area contributed by atoms with Gasteiger partial charge in [-0.1, -0.05) is 6.07 Å². The van der Waals surface area contributed by atoms with Crippen LogP contribution in [0.3, 0.4) is 0 Å². The number of ether oxygens (including phenoxy) is 2. The van der Waals surface area contributed by atoms with Crippen molar-refractivity contribution in [1.29, 1.82) is 0 Å². The fourth-order valence-electron chi connectivity index (χ4n) is 5.58. The Kier molecular flexibility index (Phi) is 8.73. The molecule has 2 aromatic heterocycles. The molecule has 1 spiro atoms. The van der Waals surface area contributed by atoms with Crippen LogP contribution in [0.5, 0.6) is 5.75 Å². The van der Waals surface area contributed by atoms with Gasteiger partial charge in [0.15, 0.2) is 9.84 Å². The normalized spacial score (nSPS) is 20.0. The Hall–Kier alpha value is -3.24. The third-order valence-corrected chi connectivity index (χ3v) is 12.1. The number of carbonyl (C=O) groups is 1. The van der Waals surface area contributed by atoms with Gasteiger partial charge in [0.05, 0.1) is 46.0 Å². The first-order valence-electron chi connectivity index (χ1n) is 14.0. The first-order valence-corrected chi connectivity index (χ1v) is 17.0. The first-order chi connectivity index (χ1) is 20.3. The Labute approximate surface area is 250 Å². The summed E-state index contributed by atoms with van der Waals surface area (Å²) in [5.41, 5.74) is 0.633. The number of benzene rings is 1. The van der Waals surface area contributed by atoms with E-state index in [1.54, 1.807) is 44.3 Å². The molecule has 234 valence electrons. The van der Waals surface area contributed by atoms with Crippen LogP contribution in [0.15, 0.2) is 58.6 Å². The number of hydrogen-bond acceptors (Lipinski definition) is 9. The van der Waals surface area contributed by atoms with E-state index in [1.807, 2.05) is 0 Å². The number of sulfone groups is 1. The van der Waals surface area contributed by atoms with Crippen molar-refractivity contribution in [2.24, 2.45) is 0 Å². The molecule has 2 atom stereocenters. The lowest BCUT2D eigenvalue weighted by atomic mass is 9.88. The zero-order valence-electron chi connectivity index (χ0n) is 23.9. The molecule has 1 amide bonds. The number of H-pyrrole nitrogens is 1. The Morgan fingerprint density at radius 2 is 1.93 bits per heavy atom. The van der Waals surface area contributed by atoms with Crippen LogP contribution in [-0.4, -0.2) is 108 Å². The SMILES string of the molecule is CC(C)S(=O)(=O)c1cccc(OC[C@@H](O)CN(C(=O)O)[C@H]2COC3(CCN(S(=O)(=O)c4cnc5cc[nH]c5c4)CC3)C2)c1. The summed E-state index contributed by atoms with van der Waals surface area (Å²) in [4.78, 5) is 20.7. The number of aliphatic hydroxyl groups excluding tert-OH is 1. The zero-order valence-corrected chi connectivity index (χ0v) is 25.6. The standard InChI is InChI=1S/C28H36N4O9S2/c1-19(2)42(36,37)23-5-3-4-22(12-23)40-18-21(33)16-32(27(34)35)20-14-28(41-17-20)7-10-31(11-8-28)43(38,39)24-13-26-25(30-15-24)6-9-29-26/h3-6,9,12-13,15,19-21,29,33H,7-8,10-11,14,16-18H2,1-2H3,(H,34,35)/t20-,21+/m1/s1. The van der Waals surface area contributed by atoms with Gasteiger partial charge in [0.2, 0.25) is 10.0 Å². The van der Waals surface area contributed by atoms with E-state index in [4.69, 9.17) is 9.47 Å². The Bertz CT molecular complexity index is 1680. The van der Waals surface area contributed by atoms with Crippen LogP contribution >= 0.6 is 0 Å². The van der Waals surface area contributed by atoms with Crippen molar-refractivity contribution in [2.75, 3.05) is 32.8 Å². The zero-order chi connectivity index (χ0) is 31.0. The molecule has 43 heavy (non-hydrogen) atoms. The number of carboxylic acid groups (broad SMARTS) is 1. The van der Waals surface area contributed by atoms with Gasteiger partial charge in [-0.25, -0.2) is 21.6 Å². The molecule has 2 aliphatic rings. The minimum absolute atomic E-state index is 0.102. The number of nitrogens with one attached hydrogen (secondary N) is 1. The Morgan fingerprint density at radius 1 is 1.19 bits per heavy atom. The van der Waals surface area contributed by atoms with Crippen molar-refractivity contribution in [2.45, 2.75) is 65.9 Å². The van der Waals surface area contributed by atoms with E-state index in [9.17, 15) is 31.8 Å². The fourth-order valence-corrected chi connectivity index (χ4v) is 8.08. The van der Waals surface area contributed by atoms with Gasteiger partial charge in [-0.05, 0) is 63.4 Å². The molecule has 13 nitrogen and oxygen atoms in total. The van der Waals surface area contributed by atoms with Gasteiger partial charge in [0, 0.05) is 25.5 Å². The molecule has 0 bridgehead atoms. The van der Waals surface area contributed by atoms with Gasteiger partial charge in [0.1, 0.15) is 23.4 Å². The molecular weight excluding hydrogens is 600 g/mol. The number of sulfonamides is 1. The highest BCUT2D eigenvalue weighted by atomic mass is 32.2. The molecule has 3 aromatic rings. The lowest BCUT2D eigenvalue weighted by Gasteiger charge is -2.38. The van der Waals surface area contributed by atoms with Gasteiger partial charge < -0.3 is 29.6 Å². The number of rotatable bonds is 10. The smallest absolute Gasteiger partial charge is 0.407 e. The second-order valence-corrected chi connectivity index (χ2v) is 15.7. The number of fused-ring (bicyclic) bond motifs is 1. The minimum atomic E-state index is -3.77. The molecule has 0 aliphatic carbocycles. The molecule has 1 aromatic carbocycles. The van der Waals surface area contributed by atoms with Crippen LogP contribution < -0.4 is 4.74 Å². The van der Waals surface area contributed by atoms with Gasteiger partial charge >= 0.3 is 6.09 Å². The summed E-state index contributed by atoms with van der Waals surface area (Å²) in [5, 5.41) is 19.9. The van der Waals surface area contributed by atoms with Crippen molar-refractivity contribution >= 4 is 37.0 Å². The number of pyridine rings is 1. The van der Waals surface area contributed by atoms with Crippen LogP contribution in [0.25, 0.3) is 11.0 Å². The number of aromatic amines is 1. The number of aromatic nitrogens is 2. The highest BCUT2D eigenvalue weighted by molar-refractivity contribution is 7.92. The summed E-state index contributed by atoms with van der Waals surface area (Å²) >= 11 is 0. The topological polar surface area (TPSA) is 179 Å². The largest absolute Gasteiger partial charge is 0.491 e. The van der Waals surface area contributed by atoms with Crippen LogP contribution in [0.2, 0.25) is 0 Å². The van der Waals surface area contributed by atoms with Crippen molar-refractivity contribution in [3.05, 3.63) is 48.8 Å². The molecule has 4 heterocycles. The lowest BCUT2D eigenvalue weighted by Crippen LogP contribution is -2.48. The average Bonchev–Trinajstić information content (AvgIpc) is 3.62. The van der Waals surface area contributed by atoms with Gasteiger partial charge in [0.25, 0.3) is 0 Å². The summed E-state index contributed by atoms with van der Waals surface area (Å²) in [7, 11) is -7.28. The molecule has 0 saturated carbocycles. The summed E-state index contributed by atoms with van der Waals surface area (Å²) in [6.07, 6.45) is 1.80. The third-order valence-electron chi connectivity index (χ3n) is 8.13. The molecule has 15 heteroatoms. The molecule has 2 fully saturated rings. The average molecular weight is 637 g/mol. The summed E-state index contributed by atoms with van der Waals surface area (Å²) in [5.74, 6) is 0.246. The van der Waals surface area contributed by atoms with Gasteiger partial charge in [-0.2, -0.15) is 4.31 Å². The van der Waals surface area contributed by atoms with E-state index in [1.165, 1.54) is 22.6 Å². The maximum Gasteiger partial charge on any atom is 0.407 e. The maximum atomic E-state index is 13.3. The molecule has 3 N–H and O–H groups in total. The molecule has 0 unspecified atom stereocenters. The van der Waals surface area contributed by atoms with Crippen molar-refractivity contribution in [3.63, 3.8) is 0 Å². The van der Waals surface area contributed by atoms with E-state index in [-0.39, 0.29) is 48.4 Å². The fraction of sp³-hybridized carbons (Fsp3) is 0.500. The molecular formula is C28H36N4O9S2. The molecule has 2 aliphatic heterocycles. The second-order valence-electron chi connectivity index (χ2n) is 11.3. The van der Waals surface area contributed by atoms with E-state index in [2.05, 4.69) is 9.97 Å². The number of nitrogens with zero attached hydrogens (tertiary/aromatic N) is 3. The maximum absolute atomic E-state index is 13.3. The van der Waals surface area contributed by atoms with Crippen molar-refractivity contribution < 1.29 is 41.3 Å². The molecule has 0 radical (unpaired) electrons. The van der Waals surface area contributed by atoms with E-state index in [0.717, 1.165) is 4.90 Å². The van der Waals surface area contributed by atoms with E-state index < -0.39 is 49.0 Å². The van der Waals surface area contributed by atoms with E-state index >= 15 is 0 Å². The van der Waals surface area contributed by atoms with Crippen LogP contribution in [0, 0.1) is 0 Å².